The van der Waals surface area contributed by atoms with E-state index in [9.17, 15) is 4.79 Å². The van der Waals surface area contributed by atoms with E-state index >= 15 is 0 Å². The highest BCUT2D eigenvalue weighted by molar-refractivity contribution is 6.10. The van der Waals surface area contributed by atoms with Crippen LogP contribution in [0.25, 0.3) is 0 Å². The van der Waals surface area contributed by atoms with E-state index in [-0.39, 0.29) is 5.78 Å². The van der Waals surface area contributed by atoms with Gasteiger partial charge >= 0.3 is 0 Å². The van der Waals surface area contributed by atoms with Gasteiger partial charge in [-0.3, -0.25) is 4.79 Å². The molecule has 0 saturated carbocycles. The molecule has 1 atom stereocenters. The fourth-order valence-electron chi connectivity index (χ4n) is 3.17. The van der Waals surface area contributed by atoms with Crippen LogP contribution in [0.15, 0.2) is 48.5 Å². The van der Waals surface area contributed by atoms with Crippen LogP contribution in [0.2, 0.25) is 0 Å². The predicted octanol–water partition coefficient (Wildman–Crippen LogP) is 4.36. The highest BCUT2D eigenvalue weighted by atomic mass is 16.1. The van der Waals surface area contributed by atoms with Crippen LogP contribution >= 0.6 is 0 Å². The van der Waals surface area contributed by atoms with Crippen molar-refractivity contribution in [2.45, 2.75) is 39.2 Å². The Labute approximate surface area is 140 Å². The predicted molar refractivity (Wildman–Crippen MR) is 97.2 cm³/mol. The highest BCUT2D eigenvalue weighted by Gasteiger charge is 2.24. The smallest absolute Gasteiger partial charge is 0.193 e. The fraction of sp³-hybridized carbons (Fsp3) is 0.381. The van der Waals surface area contributed by atoms with Crippen molar-refractivity contribution in [2.24, 2.45) is 0 Å². The van der Waals surface area contributed by atoms with Crippen molar-refractivity contribution in [3.05, 3.63) is 70.8 Å². The largest absolute Gasteiger partial charge is 0.306 e. The number of fused-ring (bicyclic) bond motifs is 1. The maximum Gasteiger partial charge on any atom is 0.193 e. The van der Waals surface area contributed by atoms with Crippen LogP contribution in [0, 0.1) is 0 Å². The van der Waals surface area contributed by atoms with Crippen molar-refractivity contribution in [3.8, 4) is 0 Å². The number of hydrogen-bond acceptors (Lipinski definition) is 2. The molecular formula is C21H27NO. The van der Waals surface area contributed by atoms with E-state index in [4.69, 9.17) is 0 Å². The standard InChI is InChI=1S/C19H21NO.C2H6/c1-20(2)16-12-11-14-9-6-10-17(18(14)13-16)19(21)15-7-4-3-5-8-15;1-2/h3-10,16H,11-13H2,1-2H3;1-2H3. The quantitative estimate of drug-likeness (QED) is 0.785. The summed E-state index contributed by atoms with van der Waals surface area (Å²) < 4.78 is 0. The molecule has 0 radical (unpaired) electrons. The van der Waals surface area contributed by atoms with E-state index < -0.39 is 0 Å². The van der Waals surface area contributed by atoms with Crippen molar-refractivity contribution in [2.75, 3.05) is 14.1 Å². The Kier molecular flexibility index (Phi) is 6.12. The third-order valence-electron chi connectivity index (χ3n) is 4.47. The van der Waals surface area contributed by atoms with Crippen LogP contribution in [0.4, 0.5) is 0 Å². The van der Waals surface area contributed by atoms with E-state index in [0.29, 0.717) is 6.04 Å². The molecule has 0 N–H and O–H groups in total. The molecule has 0 fully saturated rings. The molecule has 0 heterocycles. The van der Waals surface area contributed by atoms with Gasteiger partial charge in [-0.15, -0.1) is 0 Å². The number of benzene rings is 2. The average Bonchev–Trinajstić information content (AvgIpc) is 2.62. The molecular weight excluding hydrogens is 282 g/mol. The second-order valence-electron chi connectivity index (χ2n) is 6.00. The summed E-state index contributed by atoms with van der Waals surface area (Å²) in [6.07, 6.45) is 3.20. The first-order valence-corrected chi connectivity index (χ1v) is 8.54. The molecule has 0 aliphatic heterocycles. The van der Waals surface area contributed by atoms with Gasteiger partial charge in [-0.2, -0.15) is 0 Å². The second kappa shape index (κ2) is 8.07. The lowest BCUT2D eigenvalue weighted by Crippen LogP contribution is -2.34. The zero-order valence-corrected chi connectivity index (χ0v) is 14.7. The summed E-state index contributed by atoms with van der Waals surface area (Å²) in [6.45, 7) is 4.00. The fourth-order valence-corrected chi connectivity index (χ4v) is 3.17. The lowest BCUT2D eigenvalue weighted by Gasteiger charge is -2.31. The first-order chi connectivity index (χ1) is 11.2. The third kappa shape index (κ3) is 3.89. The number of likely N-dealkylation sites (N-methyl/N-ethyl adjacent to an activating group) is 1. The van der Waals surface area contributed by atoms with Crippen molar-refractivity contribution in [1.29, 1.82) is 0 Å². The van der Waals surface area contributed by atoms with Crippen LogP contribution in [-0.4, -0.2) is 30.8 Å². The summed E-state index contributed by atoms with van der Waals surface area (Å²) in [5, 5.41) is 0. The summed E-state index contributed by atoms with van der Waals surface area (Å²) in [4.78, 5) is 15.1. The molecule has 1 unspecified atom stereocenters. The Morgan fingerprint density at radius 1 is 1.00 bits per heavy atom. The molecule has 2 aromatic carbocycles. The van der Waals surface area contributed by atoms with Gasteiger partial charge in [0.25, 0.3) is 0 Å². The van der Waals surface area contributed by atoms with E-state index in [1.165, 1.54) is 17.5 Å². The molecule has 0 amide bonds. The van der Waals surface area contributed by atoms with E-state index in [2.05, 4.69) is 25.1 Å². The Morgan fingerprint density at radius 3 is 2.35 bits per heavy atom. The Morgan fingerprint density at radius 2 is 1.70 bits per heavy atom. The van der Waals surface area contributed by atoms with Crippen LogP contribution in [-0.2, 0) is 12.8 Å². The minimum Gasteiger partial charge on any atom is -0.306 e. The Balaban J connectivity index is 0.000000924. The molecule has 2 aromatic rings. The Hall–Kier alpha value is -1.93. The van der Waals surface area contributed by atoms with Gasteiger partial charge in [0.1, 0.15) is 0 Å². The summed E-state index contributed by atoms with van der Waals surface area (Å²) >= 11 is 0. The number of carbonyl (C=O) groups excluding carboxylic acids is 1. The molecule has 0 spiro atoms. The molecule has 23 heavy (non-hydrogen) atoms. The number of hydrogen-bond donors (Lipinski definition) is 0. The van der Waals surface area contributed by atoms with Gasteiger partial charge in [-0.05, 0) is 44.5 Å². The van der Waals surface area contributed by atoms with Gasteiger partial charge in [0.05, 0.1) is 0 Å². The molecule has 2 heteroatoms. The van der Waals surface area contributed by atoms with Crippen molar-refractivity contribution >= 4 is 5.78 Å². The van der Waals surface area contributed by atoms with E-state index in [1.807, 2.05) is 56.3 Å². The number of rotatable bonds is 3. The van der Waals surface area contributed by atoms with Crippen molar-refractivity contribution < 1.29 is 4.79 Å². The lowest BCUT2D eigenvalue weighted by molar-refractivity contribution is 0.103. The SMILES string of the molecule is CC.CN(C)C1CCc2cccc(C(=O)c3ccccc3)c2C1. The zero-order valence-electron chi connectivity index (χ0n) is 14.7. The minimum absolute atomic E-state index is 0.145. The van der Waals surface area contributed by atoms with Gasteiger partial charge in [-0.25, -0.2) is 0 Å². The first-order valence-electron chi connectivity index (χ1n) is 8.54. The summed E-state index contributed by atoms with van der Waals surface area (Å²) in [5.41, 5.74) is 4.24. The zero-order chi connectivity index (χ0) is 16.8. The molecule has 1 aliphatic rings. The highest BCUT2D eigenvalue weighted by Crippen LogP contribution is 2.28. The molecule has 3 rings (SSSR count). The van der Waals surface area contributed by atoms with Gasteiger partial charge in [0.15, 0.2) is 5.78 Å². The first kappa shape index (κ1) is 17.4. The number of nitrogens with zero attached hydrogens (tertiary/aromatic N) is 1. The van der Waals surface area contributed by atoms with Crippen LogP contribution in [0.5, 0.6) is 0 Å². The lowest BCUT2D eigenvalue weighted by atomic mass is 9.83. The normalized spacial score (nSPS) is 16.3. The summed E-state index contributed by atoms with van der Waals surface area (Å²) in [5.74, 6) is 0.145. The van der Waals surface area contributed by atoms with E-state index in [1.54, 1.807) is 0 Å². The number of carbonyl (C=O) groups is 1. The number of ketones is 1. The maximum absolute atomic E-state index is 12.8. The second-order valence-corrected chi connectivity index (χ2v) is 6.00. The number of aryl methyl sites for hydroxylation is 1. The van der Waals surface area contributed by atoms with Gasteiger partial charge < -0.3 is 4.90 Å². The van der Waals surface area contributed by atoms with Gasteiger partial charge in [0.2, 0.25) is 0 Å². The molecule has 1 aliphatic carbocycles. The third-order valence-corrected chi connectivity index (χ3v) is 4.47. The average molecular weight is 309 g/mol. The summed E-state index contributed by atoms with van der Waals surface area (Å²) in [7, 11) is 4.24. The molecule has 0 bridgehead atoms. The topological polar surface area (TPSA) is 20.3 Å². The Bertz CT molecular complexity index is 646. The van der Waals surface area contributed by atoms with Gasteiger partial charge in [-0.1, -0.05) is 62.4 Å². The maximum atomic E-state index is 12.8. The van der Waals surface area contributed by atoms with Crippen LogP contribution < -0.4 is 0 Å². The molecule has 0 saturated heterocycles. The van der Waals surface area contributed by atoms with Crippen molar-refractivity contribution in [1.82, 2.24) is 4.90 Å². The van der Waals surface area contributed by atoms with Crippen LogP contribution in [0.3, 0.4) is 0 Å². The monoisotopic (exact) mass is 309 g/mol. The summed E-state index contributed by atoms with van der Waals surface area (Å²) in [6, 6.07) is 16.3. The molecule has 2 nitrogen and oxygen atoms in total. The van der Waals surface area contributed by atoms with Crippen molar-refractivity contribution in [3.63, 3.8) is 0 Å². The van der Waals surface area contributed by atoms with E-state index in [0.717, 1.165) is 24.0 Å². The molecule has 122 valence electrons. The van der Waals surface area contributed by atoms with Gasteiger partial charge in [0, 0.05) is 17.2 Å². The minimum atomic E-state index is 0.145. The molecule has 0 aromatic heterocycles. The van der Waals surface area contributed by atoms with Crippen LogP contribution in [0.1, 0.15) is 47.3 Å².